The summed E-state index contributed by atoms with van der Waals surface area (Å²) in [5.74, 6) is -0.693. The van der Waals surface area contributed by atoms with E-state index in [0.29, 0.717) is 19.3 Å². The molecule has 8 nitrogen and oxygen atoms in total. The molecule has 5 rings (SSSR count). The largest absolute Gasteiger partial charge is 0.334 e. The number of fused-ring (bicyclic) bond motifs is 2. The lowest BCUT2D eigenvalue weighted by molar-refractivity contribution is -0.140. The number of aryl methyl sites for hydroxylation is 1. The van der Waals surface area contributed by atoms with Crippen molar-refractivity contribution in [3.63, 3.8) is 0 Å². The Labute approximate surface area is 169 Å². The minimum Gasteiger partial charge on any atom is -0.334 e. The van der Waals surface area contributed by atoms with Crippen LogP contribution in [0.5, 0.6) is 0 Å². The normalized spacial score (nSPS) is 29.9. The van der Waals surface area contributed by atoms with Gasteiger partial charge in [-0.1, -0.05) is 24.3 Å². The Kier molecular flexibility index (Phi) is 4.03. The van der Waals surface area contributed by atoms with Crippen LogP contribution in [0, 0.1) is 0 Å². The minimum atomic E-state index is -3.13. The smallest absolute Gasteiger partial charge is 0.325 e. The topological polar surface area (TPSA) is 104 Å². The quantitative estimate of drug-likeness (QED) is 0.721. The average molecular weight is 417 g/mol. The molecule has 4 amide bonds. The molecule has 3 fully saturated rings. The third-order valence-electron chi connectivity index (χ3n) is 6.55. The fraction of sp³-hybridized carbons (Fsp3) is 0.550. The molecule has 1 aromatic carbocycles. The summed E-state index contributed by atoms with van der Waals surface area (Å²) in [7, 11) is -3.13. The monoisotopic (exact) mass is 417 g/mol. The van der Waals surface area contributed by atoms with Gasteiger partial charge in [0.1, 0.15) is 12.1 Å². The lowest BCUT2D eigenvalue weighted by Crippen LogP contribution is -2.49. The summed E-state index contributed by atoms with van der Waals surface area (Å²) in [5, 5.41) is 2.83. The summed E-state index contributed by atoms with van der Waals surface area (Å²) >= 11 is 0. The molecule has 0 bridgehead atoms. The molecule has 4 aliphatic rings. The molecule has 2 atom stereocenters. The zero-order valence-electron chi connectivity index (χ0n) is 16.0. The van der Waals surface area contributed by atoms with Crippen molar-refractivity contribution in [1.82, 2.24) is 15.1 Å². The van der Waals surface area contributed by atoms with Crippen molar-refractivity contribution < 1.29 is 22.8 Å². The first-order chi connectivity index (χ1) is 13.8. The van der Waals surface area contributed by atoms with Crippen LogP contribution in [0.25, 0.3) is 0 Å². The standard InChI is InChI=1S/C20H23N3O5S/c24-17(23(14-5-6-14)15-8-10-29(27,28)12-15)11-22-18(25)20(21-19(22)26)9-7-13-3-1-2-4-16(13)20/h1-4,14-15H,5-12H2,(H,21,26)/t15-,20-/m1/s1. The number of carbonyl (C=O) groups is 3. The molecule has 2 saturated heterocycles. The Morgan fingerprint density at radius 1 is 1.17 bits per heavy atom. The van der Waals surface area contributed by atoms with E-state index in [-0.39, 0.29) is 36.0 Å². The van der Waals surface area contributed by atoms with Crippen LogP contribution in [0.3, 0.4) is 0 Å². The van der Waals surface area contributed by atoms with Crippen LogP contribution >= 0.6 is 0 Å². The molecule has 0 aromatic heterocycles. The van der Waals surface area contributed by atoms with Crippen molar-refractivity contribution >= 4 is 27.7 Å². The van der Waals surface area contributed by atoms with Gasteiger partial charge in [0, 0.05) is 12.1 Å². The number of nitrogens with zero attached hydrogens (tertiary/aromatic N) is 2. The van der Waals surface area contributed by atoms with Crippen molar-refractivity contribution in [1.29, 1.82) is 0 Å². The van der Waals surface area contributed by atoms with E-state index in [1.165, 1.54) is 0 Å². The van der Waals surface area contributed by atoms with E-state index >= 15 is 0 Å². The maximum Gasteiger partial charge on any atom is 0.325 e. The zero-order chi connectivity index (χ0) is 20.4. The molecule has 0 radical (unpaired) electrons. The van der Waals surface area contributed by atoms with E-state index in [1.807, 2.05) is 24.3 Å². The number of amides is 4. The number of hydrogen-bond acceptors (Lipinski definition) is 5. The third-order valence-corrected chi connectivity index (χ3v) is 8.30. The van der Waals surface area contributed by atoms with Crippen molar-refractivity contribution in [2.75, 3.05) is 18.1 Å². The molecule has 2 aliphatic heterocycles. The van der Waals surface area contributed by atoms with Crippen molar-refractivity contribution in [3.8, 4) is 0 Å². The van der Waals surface area contributed by atoms with E-state index in [0.717, 1.165) is 28.9 Å². The molecule has 1 aromatic rings. The number of nitrogens with one attached hydrogen (secondary N) is 1. The van der Waals surface area contributed by atoms with Gasteiger partial charge in [-0.3, -0.25) is 14.5 Å². The van der Waals surface area contributed by atoms with Crippen molar-refractivity contribution in [2.45, 2.75) is 49.7 Å². The minimum absolute atomic E-state index is 0.0164. The van der Waals surface area contributed by atoms with E-state index < -0.39 is 27.3 Å². The van der Waals surface area contributed by atoms with Gasteiger partial charge in [0.25, 0.3) is 5.91 Å². The number of sulfone groups is 1. The Bertz CT molecular complexity index is 1020. The van der Waals surface area contributed by atoms with Crippen LogP contribution in [-0.4, -0.2) is 66.2 Å². The highest BCUT2D eigenvalue weighted by Crippen LogP contribution is 2.41. The third kappa shape index (κ3) is 2.94. The first-order valence-corrected chi connectivity index (χ1v) is 11.9. The molecular formula is C20H23N3O5S. The van der Waals surface area contributed by atoms with Crippen LogP contribution in [0.15, 0.2) is 24.3 Å². The van der Waals surface area contributed by atoms with Crippen LogP contribution < -0.4 is 5.32 Å². The fourth-order valence-electron chi connectivity index (χ4n) is 5.00. The van der Waals surface area contributed by atoms with Crippen molar-refractivity contribution in [2.24, 2.45) is 0 Å². The SMILES string of the molecule is O=C1N[C@@]2(CCc3ccccc32)C(=O)N1CC(=O)N(C1CC1)[C@@H]1CCS(=O)(=O)C1. The van der Waals surface area contributed by atoms with Gasteiger partial charge < -0.3 is 10.2 Å². The van der Waals surface area contributed by atoms with Crippen LogP contribution in [0.2, 0.25) is 0 Å². The molecular weight excluding hydrogens is 394 g/mol. The van der Waals surface area contributed by atoms with Gasteiger partial charge in [-0.2, -0.15) is 0 Å². The number of urea groups is 1. The van der Waals surface area contributed by atoms with E-state index in [2.05, 4.69) is 5.32 Å². The molecule has 1 spiro atoms. The highest BCUT2D eigenvalue weighted by atomic mass is 32.2. The van der Waals surface area contributed by atoms with Gasteiger partial charge in [-0.05, 0) is 43.2 Å². The van der Waals surface area contributed by atoms with E-state index in [1.54, 1.807) is 4.90 Å². The summed E-state index contributed by atoms with van der Waals surface area (Å²) in [5.41, 5.74) is 0.744. The van der Waals surface area contributed by atoms with Crippen LogP contribution in [0.4, 0.5) is 4.79 Å². The number of hydrogen-bond donors (Lipinski definition) is 1. The summed E-state index contributed by atoms with van der Waals surface area (Å²) in [4.78, 5) is 41.6. The second kappa shape index (κ2) is 6.29. The molecule has 1 N–H and O–H groups in total. The first-order valence-electron chi connectivity index (χ1n) is 10.0. The molecule has 9 heteroatoms. The molecule has 2 aliphatic carbocycles. The predicted molar refractivity (Wildman–Crippen MR) is 104 cm³/mol. The number of carbonyl (C=O) groups excluding carboxylic acids is 3. The van der Waals surface area contributed by atoms with Gasteiger partial charge in [0.15, 0.2) is 9.84 Å². The molecule has 1 saturated carbocycles. The Hall–Kier alpha value is -2.42. The molecule has 2 heterocycles. The van der Waals surface area contributed by atoms with Crippen molar-refractivity contribution in [3.05, 3.63) is 35.4 Å². The second-order valence-corrected chi connectivity index (χ2v) is 10.7. The predicted octanol–water partition coefficient (Wildman–Crippen LogP) is 0.558. The van der Waals surface area contributed by atoms with Gasteiger partial charge in [-0.15, -0.1) is 0 Å². The van der Waals surface area contributed by atoms with E-state index in [4.69, 9.17) is 0 Å². The maximum absolute atomic E-state index is 13.2. The number of benzene rings is 1. The van der Waals surface area contributed by atoms with E-state index in [9.17, 15) is 22.8 Å². The molecule has 154 valence electrons. The Morgan fingerprint density at radius 2 is 1.93 bits per heavy atom. The zero-order valence-corrected chi connectivity index (χ0v) is 16.8. The Balaban J connectivity index is 1.37. The lowest BCUT2D eigenvalue weighted by atomic mass is 9.92. The maximum atomic E-state index is 13.2. The molecule has 0 unspecified atom stereocenters. The van der Waals surface area contributed by atoms with Crippen LogP contribution in [-0.2, 0) is 31.4 Å². The second-order valence-electron chi connectivity index (χ2n) is 8.47. The number of imide groups is 1. The summed E-state index contributed by atoms with van der Waals surface area (Å²) in [6.45, 7) is -0.346. The molecule has 29 heavy (non-hydrogen) atoms. The first kappa shape index (κ1) is 18.6. The lowest BCUT2D eigenvalue weighted by Gasteiger charge is -2.30. The highest BCUT2D eigenvalue weighted by molar-refractivity contribution is 7.91. The van der Waals surface area contributed by atoms with Gasteiger partial charge >= 0.3 is 6.03 Å². The highest BCUT2D eigenvalue weighted by Gasteiger charge is 2.56. The van der Waals surface area contributed by atoms with Gasteiger partial charge in [-0.25, -0.2) is 13.2 Å². The van der Waals surface area contributed by atoms with Crippen LogP contribution in [0.1, 0.15) is 36.8 Å². The summed E-state index contributed by atoms with van der Waals surface area (Å²) < 4.78 is 23.8. The van der Waals surface area contributed by atoms with Gasteiger partial charge in [0.05, 0.1) is 11.5 Å². The summed E-state index contributed by atoms with van der Waals surface area (Å²) in [6.07, 6.45) is 3.26. The van der Waals surface area contributed by atoms with Gasteiger partial charge in [0.2, 0.25) is 5.91 Å². The number of rotatable bonds is 4. The fourth-order valence-corrected chi connectivity index (χ4v) is 6.71. The summed E-state index contributed by atoms with van der Waals surface area (Å²) in [6, 6.07) is 6.65. The average Bonchev–Trinajstić information content (AvgIpc) is 3.29. The Morgan fingerprint density at radius 3 is 2.62 bits per heavy atom.